The molecule has 0 unspecified atom stereocenters. The second kappa shape index (κ2) is 6.11. The van der Waals surface area contributed by atoms with Gasteiger partial charge >= 0.3 is 5.69 Å². The topological polar surface area (TPSA) is 112 Å². The number of nitro benzene ring substituents is 1. The van der Waals surface area contributed by atoms with Crippen LogP contribution in [0.2, 0.25) is 0 Å². The lowest BCUT2D eigenvalue weighted by molar-refractivity contribution is -0.384. The van der Waals surface area contributed by atoms with E-state index in [1.807, 2.05) is 20.8 Å². The minimum atomic E-state index is -0.527. The van der Waals surface area contributed by atoms with Crippen molar-refractivity contribution in [3.63, 3.8) is 0 Å². The molecule has 0 radical (unpaired) electrons. The number of nitro groups is 1. The average Bonchev–Trinajstić information content (AvgIpc) is 2.95. The van der Waals surface area contributed by atoms with E-state index in [-0.39, 0.29) is 22.7 Å². The summed E-state index contributed by atoms with van der Waals surface area (Å²) < 4.78 is 8.07. The SMILES string of the molecule is Cn1c(=O)c2c(-c3cccc([N+](=O)[O-])c3)c(NC(C)(C)C)oc2n(C)c1=O. The number of rotatable bonds is 3. The normalized spacial score (nSPS) is 11.7. The number of hydrogen-bond donors (Lipinski definition) is 1. The summed E-state index contributed by atoms with van der Waals surface area (Å²) in [5.41, 5.74) is -0.616. The molecule has 9 nitrogen and oxygen atoms in total. The van der Waals surface area contributed by atoms with Gasteiger partial charge in [-0.1, -0.05) is 12.1 Å². The zero-order valence-electron chi connectivity index (χ0n) is 15.7. The minimum absolute atomic E-state index is 0.106. The molecular formula is C18H20N4O5. The van der Waals surface area contributed by atoms with Crippen molar-refractivity contribution in [2.24, 2.45) is 14.1 Å². The maximum Gasteiger partial charge on any atom is 0.333 e. The fourth-order valence-corrected chi connectivity index (χ4v) is 2.90. The Hall–Kier alpha value is -3.36. The molecule has 0 saturated heterocycles. The molecule has 0 aliphatic heterocycles. The molecule has 0 spiro atoms. The van der Waals surface area contributed by atoms with E-state index in [9.17, 15) is 19.7 Å². The number of furan rings is 1. The Labute approximate surface area is 154 Å². The largest absolute Gasteiger partial charge is 0.423 e. The second-order valence-corrected chi connectivity index (χ2v) is 7.37. The van der Waals surface area contributed by atoms with Crippen molar-refractivity contribution in [3.05, 3.63) is 55.2 Å². The van der Waals surface area contributed by atoms with Gasteiger partial charge in [0.1, 0.15) is 5.39 Å². The Kier molecular flexibility index (Phi) is 4.17. The van der Waals surface area contributed by atoms with Gasteiger partial charge in [-0.3, -0.25) is 24.0 Å². The highest BCUT2D eigenvalue weighted by Gasteiger charge is 2.26. The molecule has 1 N–H and O–H groups in total. The lowest BCUT2D eigenvalue weighted by atomic mass is 10.0. The van der Waals surface area contributed by atoms with Crippen LogP contribution in [0.3, 0.4) is 0 Å². The van der Waals surface area contributed by atoms with Crippen LogP contribution < -0.4 is 16.6 Å². The second-order valence-electron chi connectivity index (χ2n) is 7.37. The number of benzene rings is 1. The fourth-order valence-electron chi connectivity index (χ4n) is 2.90. The van der Waals surface area contributed by atoms with Crippen LogP contribution in [0.15, 0.2) is 38.3 Å². The number of hydrogen-bond acceptors (Lipinski definition) is 6. The zero-order valence-corrected chi connectivity index (χ0v) is 15.7. The van der Waals surface area contributed by atoms with Crippen molar-refractivity contribution in [1.82, 2.24) is 9.13 Å². The lowest BCUT2D eigenvalue weighted by Crippen LogP contribution is -2.36. The Balaban J connectivity index is 2.47. The van der Waals surface area contributed by atoms with Crippen molar-refractivity contribution >= 4 is 22.7 Å². The predicted octanol–water partition coefficient (Wildman–Crippen LogP) is 2.62. The first-order valence-corrected chi connectivity index (χ1v) is 8.27. The first-order chi connectivity index (χ1) is 12.5. The molecule has 9 heteroatoms. The number of anilines is 1. The van der Waals surface area contributed by atoms with Crippen LogP contribution in [0.1, 0.15) is 20.8 Å². The first kappa shape index (κ1) is 18.4. The molecule has 27 heavy (non-hydrogen) atoms. The van der Waals surface area contributed by atoms with E-state index in [0.717, 1.165) is 4.57 Å². The molecule has 3 aromatic rings. The molecule has 0 aliphatic rings. The van der Waals surface area contributed by atoms with E-state index in [1.54, 1.807) is 12.1 Å². The lowest BCUT2D eigenvalue weighted by Gasteiger charge is -2.20. The van der Waals surface area contributed by atoms with E-state index in [4.69, 9.17) is 4.42 Å². The molecule has 0 saturated carbocycles. The summed E-state index contributed by atoms with van der Waals surface area (Å²) in [7, 11) is 2.89. The monoisotopic (exact) mass is 372 g/mol. The molecule has 2 heterocycles. The predicted molar refractivity (Wildman–Crippen MR) is 102 cm³/mol. The van der Waals surface area contributed by atoms with Gasteiger partial charge in [-0.15, -0.1) is 0 Å². The summed E-state index contributed by atoms with van der Waals surface area (Å²) in [5.74, 6) is 0.274. The van der Waals surface area contributed by atoms with Gasteiger partial charge in [0.2, 0.25) is 11.6 Å². The quantitative estimate of drug-likeness (QED) is 0.559. The molecule has 0 aliphatic carbocycles. The van der Waals surface area contributed by atoms with Crippen LogP contribution in [0.5, 0.6) is 0 Å². The van der Waals surface area contributed by atoms with Gasteiger partial charge in [-0.25, -0.2) is 4.79 Å². The van der Waals surface area contributed by atoms with Gasteiger partial charge in [0.15, 0.2) is 0 Å². The molecular weight excluding hydrogens is 352 g/mol. The van der Waals surface area contributed by atoms with Gasteiger partial charge in [0.25, 0.3) is 11.2 Å². The van der Waals surface area contributed by atoms with E-state index in [1.165, 1.54) is 30.8 Å². The summed E-state index contributed by atoms with van der Waals surface area (Å²) in [6, 6.07) is 5.95. The highest BCUT2D eigenvalue weighted by molar-refractivity contribution is 5.99. The number of aromatic nitrogens is 2. The molecule has 3 rings (SSSR count). The molecule has 0 fully saturated rings. The van der Waals surface area contributed by atoms with Crippen molar-refractivity contribution < 1.29 is 9.34 Å². The van der Waals surface area contributed by atoms with Gasteiger partial charge in [-0.05, 0) is 26.3 Å². The summed E-state index contributed by atoms with van der Waals surface area (Å²) in [5, 5.41) is 14.5. The Morgan fingerprint density at radius 1 is 1.15 bits per heavy atom. The molecule has 1 aromatic carbocycles. The minimum Gasteiger partial charge on any atom is -0.423 e. The van der Waals surface area contributed by atoms with Crippen LogP contribution in [0.4, 0.5) is 11.6 Å². The van der Waals surface area contributed by atoms with Gasteiger partial charge in [-0.2, -0.15) is 0 Å². The number of non-ortho nitro benzene ring substituents is 1. The zero-order chi connectivity index (χ0) is 20.1. The number of aryl methyl sites for hydroxylation is 1. The van der Waals surface area contributed by atoms with Crippen LogP contribution in [0.25, 0.3) is 22.2 Å². The third-order valence-electron chi connectivity index (χ3n) is 4.12. The fraction of sp³-hybridized carbons (Fsp3) is 0.333. The van der Waals surface area contributed by atoms with Gasteiger partial charge < -0.3 is 9.73 Å². The Morgan fingerprint density at radius 3 is 2.41 bits per heavy atom. The number of nitrogens with one attached hydrogen (secondary N) is 1. The summed E-state index contributed by atoms with van der Waals surface area (Å²) in [6.07, 6.45) is 0. The maximum atomic E-state index is 12.8. The van der Waals surface area contributed by atoms with E-state index in [2.05, 4.69) is 5.32 Å². The first-order valence-electron chi connectivity index (χ1n) is 8.27. The van der Waals surface area contributed by atoms with Crippen molar-refractivity contribution in [2.45, 2.75) is 26.3 Å². The van der Waals surface area contributed by atoms with Crippen LogP contribution in [-0.4, -0.2) is 19.6 Å². The average molecular weight is 372 g/mol. The number of nitrogens with zero attached hydrogens (tertiary/aromatic N) is 3. The Morgan fingerprint density at radius 2 is 1.81 bits per heavy atom. The third kappa shape index (κ3) is 3.12. The van der Waals surface area contributed by atoms with Gasteiger partial charge in [0.05, 0.1) is 10.5 Å². The van der Waals surface area contributed by atoms with Crippen molar-refractivity contribution in [1.29, 1.82) is 0 Å². The Bertz CT molecular complexity index is 1180. The number of fused-ring (bicyclic) bond motifs is 1. The van der Waals surface area contributed by atoms with Crippen LogP contribution >= 0.6 is 0 Å². The molecule has 142 valence electrons. The van der Waals surface area contributed by atoms with Crippen LogP contribution in [0, 0.1) is 10.1 Å². The maximum absolute atomic E-state index is 12.8. The standard InChI is InChI=1S/C18H20N4O5/c1-18(2,3)19-14-12(10-7-6-8-11(9-10)22(25)26)13-15(23)20(4)17(24)21(5)16(13)27-14/h6-9,19H,1-5H3. The third-order valence-corrected chi connectivity index (χ3v) is 4.12. The highest BCUT2D eigenvalue weighted by Crippen LogP contribution is 2.38. The highest BCUT2D eigenvalue weighted by atomic mass is 16.6. The van der Waals surface area contributed by atoms with Crippen molar-refractivity contribution in [2.75, 3.05) is 5.32 Å². The molecule has 0 bridgehead atoms. The van der Waals surface area contributed by atoms with Crippen LogP contribution in [-0.2, 0) is 14.1 Å². The van der Waals surface area contributed by atoms with Gasteiger partial charge in [0, 0.05) is 31.8 Å². The van der Waals surface area contributed by atoms with Crippen molar-refractivity contribution in [3.8, 4) is 11.1 Å². The molecule has 0 amide bonds. The van der Waals surface area contributed by atoms with E-state index in [0.29, 0.717) is 11.1 Å². The smallest absolute Gasteiger partial charge is 0.333 e. The van der Waals surface area contributed by atoms with E-state index < -0.39 is 21.7 Å². The summed E-state index contributed by atoms with van der Waals surface area (Å²) >= 11 is 0. The molecule has 0 atom stereocenters. The summed E-state index contributed by atoms with van der Waals surface area (Å²) in [4.78, 5) is 35.7. The van der Waals surface area contributed by atoms with E-state index >= 15 is 0 Å². The summed E-state index contributed by atoms with van der Waals surface area (Å²) in [6.45, 7) is 5.73. The molecule has 2 aromatic heterocycles.